The average Bonchev–Trinajstić information content (AvgIpc) is 3.48. The van der Waals surface area contributed by atoms with Gasteiger partial charge in [-0.1, -0.05) is 68.2 Å². The molecule has 3 N–H and O–H groups in total. The van der Waals surface area contributed by atoms with Gasteiger partial charge in [0.1, 0.15) is 28.9 Å². The van der Waals surface area contributed by atoms with E-state index < -0.39 is 32.0 Å². The number of aliphatic hydroxyl groups excluding tert-OH is 1. The van der Waals surface area contributed by atoms with Gasteiger partial charge in [-0.25, -0.2) is 20.2 Å². The van der Waals surface area contributed by atoms with Crippen molar-refractivity contribution in [1.29, 1.82) is 0 Å². The summed E-state index contributed by atoms with van der Waals surface area (Å²) < 4.78 is 18.1. The normalized spacial score (nSPS) is 17.5. The summed E-state index contributed by atoms with van der Waals surface area (Å²) >= 11 is 13.7. The maximum Gasteiger partial charge on any atom is 0.426 e. The summed E-state index contributed by atoms with van der Waals surface area (Å²) in [6.07, 6.45) is 3.72. The quantitative estimate of drug-likeness (QED) is 0.121. The molecular weight excluding hydrogens is 707 g/mol. The van der Waals surface area contributed by atoms with Crippen molar-refractivity contribution in [3.8, 4) is 11.5 Å². The third-order valence-electron chi connectivity index (χ3n) is 9.54. The number of nitrogens with zero attached hydrogens (tertiary/aromatic N) is 2. The molecule has 1 fully saturated rings. The van der Waals surface area contributed by atoms with Gasteiger partial charge in [0, 0.05) is 35.0 Å². The van der Waals surface area contributed by atoms with E-state index in [9.17, 15) is 14.7 Å². The molecule has 1 saturated carbocycles. The van der Waals surface area contributed by atoms with Crippen LogP contribution >= 0.6 is 23.2 Å². The van der Waals surface area contributed by atoms with Gasteiger partial charge in [-0.15, -0.1) is 0 Å². The smallest absolute Gasteiger partial charge is 0.426 e. The molecule has 1 aliphatic rings. The van der Waals surface area contributed by atoms with Crippen LogP contribution in [0.5, 0.6) is 11.5 Å². The Labute approximate surface area is 310 Å². The molecule has 2 aromatic carbocycles. The van der Waals surface area contributed by atoms with Crippen molar-refractivity contribution >= 4 is 54.6 Å². The summed E-state index contributed by atoms with van der Waals surface area (Å²) in [5.41, 5.74) is 3.16. The summed E-state index contributed by atoms with van der Waals surface area (Å²) in [6.45, 7) is 16.4. The Hall–Kier alpha value is -3.61. The molecule has 2 aromatic heterocycles. The molecule has 4 aromatic rings. The first-order valence-electron chi connectivity index (χ1n) is 17.2. The third-order valence-corrected chi connectivity index (χ3v) is 14.8. The first kappa shape index (κ1) is 38.6. The Kier molecular flexibility index (Phi) is 11.5. The van der Waals surface area contributed by atoms with Crippen LogP contribution in [0.4, 0.5) is 4.79 Å². The second-order valence-corrected chi connectivity index (χ2v) is 21.1. The number of carbonyl (C=O) groups excluding carboxylic acids is 2. The van der Waals surface area contributed by atoms with E-state index in [1.54, 1.807) is 45.2 Å². The zero-order chi connectivity index (χ0) is 37.3. The van der Waals surface area contributed by atoms with Gasteiger partial charge in [0.2, 0.25) is 0 Å². The lowest BCUT2D eigenvalue weighted by atomic mass is 9.92. The van der Waals surface area contributed by atoms with Gasteiger partial charge in [0.05, 0.1) is 21.7 Å². The second kappa shape index (κ2) is 15.2. The van der Waals surface area contributed by atoms with Crippen molar-refractivity contribution in [2.24, 2.45) is 0 Å². The highest BCUT2D eigenvalue weighted by molar-refractivity contribution is 6.74. The lowest BCUT2D eigenvalue weighted by Crippen LogP contribution is -2.55. The number of aromatic amines is 1. The number of para-hydroxylation sites is 1. The predicted octanol–water partition coefficient (Wildman–Crippen LogP) is 9.96. The molecule has 0 aliphatic heterocycles. The van der Waals surface area contributed by atoms with Crippen molar-refractivity contribution in [1.82, 2.24) is 20.4 Å². The lowest BCUT2D eigenvalue weighted by molar-refractivity contribution is 0.0116. The number of amides is 2. The minimum atomic E-state index is -1.99. The fraction of sp³-hybridized carbons (Fsp3) is 0.447. The molecule has 51 heavy (non-hydrogen) atoms. The fourth-order valence-electron chi connectivity index (χ4n) is 5.88. The minimum Gasteiger partial charge on any atom is -0.457 e. The number of fused-ring (bicyclic) bond motifs is 1. The number of nitrogens with one attached hydrogen (secondary N) is 2. The van der Waals surface area contributed by atoms with Crippen LogP contribution in [0.1, 0.15) is 94.8 Å². The number of rotatable bonds is 8. The Morgan fingerprint density at radius 2 is 1.65 bits per heavy atom. The van der Waals surface area contributed by atoms with Crippen molar-refractivity contribution in [3.63, 3.8) is 0 Å². The largest absolute Gasteiger partial charge is 0.457 e. The Bertz CT molecular complexity index is 1860. The molecule has 0 radical (unpaired) electrons. The third kappa shape index (κ3) is 9.07. The Morgan fingerprint density at radius 1 is 0.980 bits per heavy atom. The molecule has 1 aliphatic carbocycles. The predicted molar refractivity (Wildman–Crippen MR) is 203 cm³/mol. The number of aromatic nitrogens is 2. The molecule has 0 bridgehead atoms. The van der Waals surface area contributed by atoms with E-state index in [1.165, 1.54) is 11.2 Å². The molecule has 13 heteroatoms. The van der Waals surface area contributed by atoms with Crippen LogP contribution in [-0.2, 0) is 9.16 Å². The molecule has 5 rings (SSSR count). The number of hydrogen-bond donors (Lipinski definition) is 3. The van der Waals surface area contributed by atoms with Crippen LogP contribution in [0.25, 0.3) is 11.0 Å². The molecule has 0 saturated heterocycles. The Morgan fingerprint density at radius 3 is 2.25 bits per heavy atom. The number of ether oxygens (including phenoxy) is 2. The zero-order valence-corrected chi connectivity index (χ0v) is 33.0. The fourth-order valence-corrected chi connectivity index (χ4v) is 7.91. The van der Waals surface area contributed by atoms with E-state index in [2.05, 4.69) is 49.3 Å². The van der Waals surface area contributed by atoms with Crippen molar-refractivity contribution in [3.05, 3.63) is 87.7 Å². The van der Waals surface area contributed by atoms with Crippen LogP contribution in [-0.4, -0.2) is 58.1 Å². The van der Waals surface area contributed by atoms with Crippen molar-refractivity contribution in [2.75, 3.05) is 0 Å². The summed E-state index contributed by atoms with van der Waals surface area (Å²) in [6, 6.07) is 14.0. The summed E-state index contributed by atoms with van der Waals surface area (Å²) in [5, 5.41) is 13.7. The molecule has 2 heterocycles. The van der Waals surface area contributed by atoms with Crippen LogP contribution in [0.2, 0.25) is 28.2 Å². The number of hydrogen-bond acceptors (Lipinski definition) is 7. The monoisotopic (exact) mass is 754 g/mol. The van der Waals surface area contributed by atoms with Gasteiger partial charge < -0.3 is 24.0 Å². The van der Waals surface area contributed by atoms with Gasteiger partial charge in [-0.2, -0.15) is 0 Å². The van der Waals surface area contributed by atoms with Gasteiger partial charge in [0.15, 0.2) is 8.32 Å². The molecule has 10 nitrogen and oxygen atoms in total. The van der Waals surface area contributed by atoms with Gasteiger partial charge >= 0.3 is 6.09 Å². The van der Waals surface area contributed by atoms with E-state index in [0.29, 0.717) is 46.5 Å². The number of aliphatic hydroxyl groups is 1. The lowest BCUT2D eigenvalue weighted by Gasteiger charge is -2.42. The van der Waals surface area contributed by atoms with Crippen LogP contribution in [0, 0.1) is 0 Å². The van der Waals surface area contributed by atoms with E-state index >= 15 is 0 Å². The average molecular weight is 756 g/mol. The molecule has 2 amide bonds. The zero-order valence-electron chi connectivity index (χ0n) is 30.5. The van der Waals surface area contributed by atoms with Crippen molar-refractivity contribution < 1.29 is 28.6 Å². The van der Waals surface area contributed by atoms with Crippen LogP contribution in [0.3, 0.4) is 0 Å². The van der Waals surface area contributed by atoms with E-state index in [0.717, 1.165) is 12.8 Å². The first-order valence-corrected chi connectivity index (χ1v) is 20.9. The topological polar surface area (TPSA) is 126 Å². The number of pyridine rings is 1. The van der Waals surface area contributed by atoms with E-state index in [4.69, 9.17) is 37.1 Å². The summed E-state index contributed by atoms with van der Waals surface area (Å²) in [7, 11) is -1.99. The SMILES string of the molecule is CC(C)(C)OC(=O)NN(C(=O)c1cnc2[nH]cc(C(O)c3ccc(Oc4ccccc4)cc3Cl)c2c1Cl)C1CCC(O[Si](C)(C)C(C)(C)C)CC1. The van der Waals surface area contributed by atoms with Gasteiger partial charge in [0.25, 0.3) is 5.91 Å². The number of carbonyl (C=O) groups is 2. The van der Waals surface area contributed by atoms with Crippen molar-refractivity contribution in [2.45, 2.75) is 109 Å². The van der Waals surface area contributed by atoms with Crippen LogP contribution < -0.4 is 10.2 Å². The highest BCUT2D eigenvalue weighted by Gasteiger charge is 2.41. The number of H-pyrrole nitrogens is 1. The highest BCUT2D eigenvalue weighted by Crippen LogP contribution is 2.41. The summed E-state index contributed by atoms with van der Waals surface area (Å²) in [5.74, 6) is 0.610. The first-order chi connectivity index (χ1) is 23.8. The second-order valence-electron chi connectivity index (χ2n) is 15.6. The van der Waals surface area contributed by atoms with Gasteiger partial charge in [-0.3, -0.25) is 4.79 Å². The Balaban J connectivity index is 1.42. The summed E-state index contributed by atoms with van der Waals surface area (Å²) in [4.78, 5) is 35.0. The van der Waals surface area contributed by atoms with Gasteiger partial charge in [-0.05, 0) is 88.9 Å². The highest BCUT2D eigenvalue weighted by atomic mass is 35.5. The van der Waals surface area contributed by atoms with Crippen LogP contribution in [0.15, 0.2) is 60.9 Å². The van der Waals surface area contributed by atoms with E-state index in [1.807, 2.05) is 30.3 Å². The maximum absolute atomic E-state index is 14.4. The molecule has 1 atom stereocenters. The standard InChI is InChI=1S/C38H48Cl2N4O6Si/c1-37(2,3)49-36(47)43-44(23-14-16-25(17-15-23)50-51(7,8)38(4,5)6)35(46)29-22-42-34-31(32(29)40)28(21-41-34)33(45)27-19-18-26(20-30(27)39)48-24-12-10-9-11-13-24/h9-13,18-23,25,33,45H,14-17H2,1-8H3,(H,41,42)(H,43,47). The molecule has 274 valence electrons. The number of halogens is 2. The van der Waals surface area contributed by atoms with E-state index in [-0.39, 0.29) is 32.8 Å². The molecule has 0 spiro atoms. The number of benzene rings is 2. The maximum atomic E-state index is 14.4. The number of hydrazine groups is 1. The minimum absolute atomic E-state index is 0.0608. The molecule has 1 unspecified atom stereocenters. The molecular formula is C38H48Cl2N4O6Si.